The van der Waals surface area contributed by atoms with Crippen molar-refractivity contribution in [2.75, 3.05) is 0 Å². The number of hydrogen-bond donors (Lipinski definition) is 1. The van der Waals surface area contributed by atoms with Crippen LogP contribution in [0.5, 0.6) is 0 Å². The van der Waals surface area contributed by atoms with E-state index in [2.05, 4.69) is 19.3 Å². The average molecular weight is 320 g/mol. The number of hydrazine groups is 1. The van der Waals surface area contributed by atoms with E-state index >= 15 is 0 Å². The molecule has 2 fully saturated rings. The van der Waals surface area contributed by atoms with Gasteiger partial charge in [0.25, 0.3) is 17.7 Å². The molecular formula is C16H20N2O3S. The Morgan fingerprint density at radius 1 is 1.23 bits per heavy atom. The molecule has 2 heterocycles. The summed E-state index contributed by atoms with van der Waals surface area (Å²) in [5, 5.41) is 2.72. The second-order valence-corrected chi connectivity index (χ2v) is 7.29. The summed E-state index contributed by atoms with van der Waals surface area (Å²) >= 11 is 1.52. The predicted molar refractivity (Wildman–Crippen MR) is 83.2 cm³/mol. The molecular weight excluding hydrogens is 300 g/mol. The fraction of sp³-hybridized carbons (Fsp3) is 0.562. The number of carbonyl (C=O) groups excluding carboxylic acids is 3. The normalized spacial score (nSPS) is 24.8. The predicted octanol–water partition coefficient (Wildman–Crippen LogP) is 2.69. The van der Waals surface area contributed by atoms with Crippen molar-refractivity contribution in [1.29, 1.82) is 0 Å². The zero-order valence-electron chi connectivity index (χ0n) is 12.8. The van der Waals surface area contributed by atoms with E-state index in [0.717, 1.165) is 35.6 Å². The van der Waals surface area contributed by atoms with Crippen LogP contribution in [-0.2, 0) is 9.59 Å². The fourth-order valence-electron chi connectivity index (χ4n) is 3.21. The first-order chi connectivity index (χ1) is 10.5. The van der Waals surface area contributed by atoms with E-state index in [-0.39, 0.29) is 29.6 Å². The summed E-state index contributed by atoms with van der Waals surface area (Å²) in [6, 6.07) is 1.82. The monoisotopic (exact) mass is 320 g/mol. The molecule has 118 valence electrons. The van der Waals surface area contributed by atoms with Gasteiger partial charge in [-0.3, -0.25) is 19.8 Å². The minimum atomic E-state index is -0.386. The Bertz CT molecular complexity index is 599. The number of rotatable bonds is 3. The Morgan fingerprint density at radius 2 is 1.82 bits per heavy atom. The molecule has 1 N–H and O–H groups in total. The lowest BCUT2D eigenvalue weighted by Crippen LogP contribution is -2.46. The summed E-state index contributed by atoms with van der Waals surface area (Å²) in [6.45, 7) is 4.12. The molecule has 1 aliphatic carbocycles. The van der Waals surface area contributed by atoms with Crippen LogP contribution in [0.4, 0.5) is 0 Å². The van der Waals surface area contributed by atoms with Crippen molar-refractivity contribution >= 4 is 29.1 Å². The highest BCUT2D eigenvalue weighted by Crippen LogP contribution is 2.37. The smallest absolute Gasteiger partial charge is 0.271 e. The van der Waals surface area contributed by atoms with Gasteiger partial charge in [0.15, 0.2) is 0 Å². The second-order valence-electron chi connectivity index (χ2n) is 6.34. The maximum atomic E-state index is 12.3. The van der Waals surface area contributed by atoms with E-state index in [1.54, 1.807) is 5.38 Å². The lowest BCUT2D eigenvalue weighted by atomic mass is 9.81. The summed E-state index contributed by atoms with van der Waals surface area (Å²) in [5.74, 6) is -1.01. The summed E-state index contributed by atoms with van der Waals surface area (Å²) in [6.07, 6.45) is 3.45. The summed E-state index contributed by atoms with van der Waals surface area (Å²) in [7, 11) is 0. The molecule has 3 amide bonds. The van der Waals surface area contributed by atoms with Crippen LogP contribution in [0, 0.1) is 11.8 Å². The largest absolute Gasteiger partial charge is 0.272 e. The van der Waals surface area contributed by atoms with Gasteiger partial charge in [-0.2, -0.15) is 5.01 Å². The van der Waals surface area contributed by atoms with Crippen molar-refractivity contribution in [3.05, 3.63) is 21.9 Å². The molecule has 3 rings (SSSR count). The van der Waals surface area contributed by atoms with Gasteiger partial charge >= 0.3 is 0 Å². The highest BCUT2D eigenvalue weighted by molar-refractivity contribution is 7.10. The molecule has 1 saturated heterocycles. The molecule has 1 aromatic rings. The van der Waals surface area contributed by atoms with Gasteiger partial charge in [0.2, 0.25) is 0 Å². The van der Waals surface area contributed by atoms with Crippen molar-refractivity contribution in [2.24, 2.45) is 11.8 Å². The van der Waals surface area contributed by atoms with Gasteiger partial charge in [-0.05, 0) is 24.8 Å². The lowest BCUT2D eigenvalue weighted by Gasteiger charge is -2.19. The third-order valence-electron chi connectivity index (χ3n) is 4.51. The maximum absolute atomic E-state index is 12.3. The Labute approximate surface area is 133 Å². The van der Waals surface area contributed by atoms with Crippen LogP contribution >= 0.6 is 11.3 Å². The van der Waals surface area contributed by atoms with Gasteiger partial charge in [0.1, 0.15) is 0 Å². The van der Waals surface area contributed by atoms with Gasteiger partial charge in [-0.25, -0.2) is 0 Å². The molecule has 1 saturated carbocycles. The van der Waals surface area contributed by atoms with Gasteiger partial charge in [0, 0.05) is 10.3 Å². The van der Waals surface area contributed by atoms with E-state index in [0.29, 0.717) is 11.5 Å². The van der Waals surface area contributed by atoms with Crippen LogP contribution in [0.1, 0.15) is 60.7 Å². The highest BCUT2D eigenvalue weighted by Gasteiger charge is 2.49. The standard InChI is InChI=1S/C16H20N2O3S/c1-9(2)13-7-10(8-22-13)14(19)17-18-15(20)11-5-3-4-6-12(11)16(18)21/h7-9,11-12H,3-6H2,1-2H3,(H,17,19)/t11-,12-/m0/s1. The number of amides is 3. The second kappa shape index (κ2) is 5.83. The summed E-state index contributed by atoms with van der Waals surface area (Å²) in [4.78, 5) is 38.0. The first-order valence-electron chi connectivity index (χ1n) is 7.76. The molecule has 6 heteroatoms. The van der Waals surface area contributed by atoms with Crippen LogP contribution in [0.25, 0.3) is 0 Å². The zero-order valence-corrected chi connectivity index (χ0v) is 13.6. The van der Waals surface area contributed by atoms with Crippen molar-refractivity contribution < 1.29 is 14.4 Å². The van der Waals surface area contributed by atoms with Crippen molar-refractivity contribution in [3.8, 4) is 0 Å². The van der Waals surface area contributed by atoms with E-state index < -0.39 is 0 Å². The van der Waals surface area contributed by atoms with E-state index in [9.17, 15) is 14.4 Å². The number of nitrogens with zero attached hydrogens (tertiary/aromatic N) is 1. The number of fused-ring (bicyclic) bond motifs is 1. The third-order valence-corrected chi connectivity index (χ3v) is 5.74. The van der Waals surface area contributed by atoms with Crippen molar-refractivity contribution in [2.45, 2.75) is 45.4 Å². The molecule has 0 aromatic carbocycles. The van der Waals surface area contributed by atoms with E-state index in [4.69, 9.17) is 0 Å². The first-order valence-corrected chi connectivity index (χ1v) is 8.64. The minimum absolute atomic E-state index is 0.241. The van der Waals surface area contributed by atoms with Gasteiger partial charge < -0.3 is 0 Å². The topological polar surface area (TPSA) is 66.5 Å². The molecule has 2 atom stereocenters. The third kappa shape index (κ3) is 2.56. The number of nitrogens with one attached hydrogen (secondary N) is 1. The fourth-order valence-corrected chi connectivity index (χ4v) is 4.12. The zero-order chi connectivity index (χ0) is 15.9. The molecule has 5 nitrogen and oxygen atoms in total. The number of carbonyl (C=O) groups is 3. The van der Waals surface area contributed by atoms with E-state index in [1.807, 2.05) is 6.07 Å². The van der Waals surface area contributed by atoms with Crippen molar-refractivity contribution in [1.82, 2.24) is 10.4 Å². The average Bonchev–Trinajstić information content (AvgIpc) is 3.08. The molecule has 0 bridgehead atoms. The number of hydrogen-bond acceptors (Lipinski definition) is 4. The first kappa shape index (κ1) is 15.2. The quantitative estimate of drug-likeness (QED) is 0.871. The van der Waals surface area contributed by atoms with Crippen LogP contribution in [0.15, 0.2) is 11.4 Å². The number of imide groups is 1. The molecule has 0 radical (unpaired) electrons. The molecule has 2 aliphatic rings. The maximum Gasteiger partial charge on any atom is 0.271 e. The summed E-state index contributed by atoms with van der Waals surface area (Å²) < 4.78 is 0. The van der Waals surface area contributed by atoms with E-state index in [1.165, 1.54) is 11.3 Å². The minimum Gasteiger partial charge on any atom is -0.272 e. The van der Waals surface area contributed by atoms with Crippen LogP contribution in [0.2, 0.25) is 0 Å². The SMILES string of the molecule is CC(C)c1cc(C(=O)NN2C(=O)[C@H]3CCCC[C@@H]3C2=O)cs1. The lowest BCUT2D eigenvalue weighted by molar-refractivity contribution is -0.142. The summed E-state index contributed by atoms with van der Waals surface area (Å²) in [5.41, 5.74) is 3.01. The Hall–Kier alpha value is -1.69. The molecule has 0 spiro atoms. The highest BCUT2D eigenvalue weighted by atomic mass is 32.1. The van der Waals surface area contributed by atoms with Gasteiger partial charge in [-0.1, -0.05) is 26.7 Å². The molecule has 1 aliphatic heterocycles. The molecule has 1 aromatic heterocycles. The van der Waals surface area contributed by atoms with Crippen LogP contribution in [-0.4, -0.2) is 22.7 Å². The Morgan fingerprint density at radius 3 is 2.32 bits per heavy atom. The molecule has 0 unspecified atom stereocenters. The number of thiophene rings is 1. The Balaban J connectivity index is 1.73. The van der Waals surface area contributed by atoms with Crippen LogP contribution in [0.3, 0.4) is 0 Å². The van der Waals surface area contributed by atoms with Gasteiger partial charge in [-0.15, -0.1) is 11.3 Å². The molecule has 22 heavy (non-hydrogen) atoms. The van der Waals surface area contributed by atoms with Crippen LogP contribution < -0.4 is 5.43 Å². The van der Waals surface area contributed by atoms with Gasteiger partial charge in [0.05, 0.1) is 17.4 Å². The van der Waals surface area contributed by atoms with Crippen molar-refractivity contribution in [3.63, 3.8) is 0 Å². The Kier molecular flexibility index (Phi) is 4.04.